The highest BCUT2D eigenvalue weighted by Gasteiger charge is 2.15. The first-order valence-electron chi connectivity index (χ1n) is 7.25. The van der Waals surface area contributed by atoms with E-state index in [0.717, 1.165) is 0 Å². The summed E-state index contributed by atoms with van der Waals surface area (Å²) in [5.74, 6) is -1.20. The van der Waals surface area contributed by atoms with Gasteiger partial charge < -0.3 is 15.4 Å². The number of thiocarbonyl (C=S) groups is 1. The number of anilines is 1. The fraction of sp³-hybridized carbons (Fsp3) is 0.125. The highest BCUT2D eigenvalue weighted by molar-refractivity contribution is 7.80. The lowest BCUT2D eigenvalue weighted by Crippen LogP contribution is -2.28. The second-order valence-corrected chi connectivity index (χ2v) is 5.74. The molecular weight excluding hydrogens is 385 g/mol. The molecule has 0 aromatic heterocycles. The van der Waals surface area contributed by atoms with Crippen LogP contribution in [0.5, 0.6) is 0 Å². The summed E-state index contributed by atoms with van der Waals surface area (Å²) in [6.45, 7) is -0.438. The van der Waals surface area contributed by atoms with Crippen LogP contribution in [0.25, 0.3) is 0 Å². The summed E-state index contributed by atoms with van der Waals surface area (Å²) in [7, 11) is 0. The van der Waals surface area contributed by atoms with Crippen LogP contribution in [0.3, 0.4) is 0 Å². The van der Waals surface area contributed by atoms with Crippen molar-refractivity contribution in [3.8, 4) is 0 Å². The Morgan fingerprint density at radius 1 is 1.27 bits per heavy atom. The molecule has 7 nitrogen and oxygen atoms in total. The maximum atomic E-state index is 13.7. The van der Waals surface area contributed by atoms with Gasteiger partial charge in [-0.15, -0.1) is 0 Å². The minimum absolute atomic E-state index is 0.0139. The van der Waals surface area contributed by atoms with Gasteiger partial charge in [0.25, 0.3) is 16.8 Å². The van der Waals surface area contributed by atoms with Crippen LogP contribution in [-0.4, -0.2) is 22.6 Å². The fourth-order valence-electron chi connectivity index (χ4n) is 1.96. The normalized spacial score (nSPS) is 10.1. The first-order valence-corrected chi connectivity index (χ1v) is 8.04. The summed E-state index contributed by atoms with van der Waals surface area (Å²) in [6.07, 6.45) is 0. The smallest absolute Gasteiger partial charge is 0.292 e. The number of nitrogens with zero attached hydrogens (tertiary/aromatic N) is 1. The van der Waals surface area contributed by atoms with Crippen LogP contribution in [-0.2, 0) is 16.1 Å². The zero-order valence-electron chi connectivity index (χ0n) is 13.2. The number of halogens is 2. The van der Waals surface area contributed by atoms with Crippen molar-refractivity contribution in [1.29, 1.82) is 0 Å². The fourth-order valence-corrected chi connectivity index (χ4v) is 2.28. The van der Waals surface area contributed by atoms with Crippen LogP contribution in [0.2, 0.25) is 5.02 Å². The molecule has 1 amide bonds. The van der Waals surface area contributed by atoms with Gasteiger partial charge in [0.05, 0.1) is 9.95 Å². The Bertz CT molecular complexity index is 850. The van der Waals surface area contributed by atoms with Gasteiger partial charge in [0.15, 0.2) is 6.61 Å². The quantitative estimate of drug-likeness (QED) is 0.440. The number of hydrogen-bond acceptors (Lipinski definition) is 5. The van der Waals surface area contributed by atoms with E-state index in [0.29, 0.717) is 0 Å². The SMILES string of the molecule is O=C(COC(=S)NCc1cccc(Cl)c1F)Nc1ccccc1[N+](=O)[O-]. The summed E-state index contributed by atoms with van der Waals surface area (Å²) in [6, 6.07) is 10.2. The van der Waals surface area contributed by atoms with E-state index in [-0.39, 0.29) is 33.7 Å². The van der Waals surface area contributed by atoms with E-state index in [1.807, 2.05) is 0 Å². The van der Waals surface area contributed by atoms with Crippen LogP contribution in [0.15, 0.2) is 42.5 Å². The third-order valence-electron chi connectivity index (χ3n) is 3.16. The lowest BCUT2D eigenvalue weighted by molar-refractivity contribution is -0.383. The van der Waals surface area contributed by atoms with Crippen LogP contribution < -0.4 is 10.6 Å². The van der Waals surface area contributed by atoms with E-state index in [2.05, 4.69) is 10.6 Å². The zero-order chi connectivity index (χ0) is 19.1. The van der Waals surface area contributed by atoms with E-state index in [1.165, 1.54) is 30.3 Å². The molecule has 0 aliphatic heterocycles. The molecule has 0 spiro atoms. The largest absolute Gasteiger partial charge is 0.461 e. The average Bonchev–Trinajstić information content (AvgIpc) is 2.61. The minimum Gasteiger partial charge on any atom is -0.461 e. The summed E-state index contributed by atoms with van der Waals surface area (Å²) in [4.78, 5) is 22.1. The molecule has 0 bridgehead atoms. The second-order valence-electron chi connectivity index (χ2n) is 4.97. The molecule has 2 aromatic carbocycles. The number of nitro benzene ring substituents is 1. The van der Waals surface area contributed by atoms with Crippen molar-refractivity contribution >= 4 is 46.3 Å². The predicted molar refractivity (Wildman–Crippen MR) is 98.5 cm³/mol. The van der Waals surface area contributed by atoms with Crippen molar-refractivity contribution in [3.63, 3.8) is 0 Å². The van der Waals surface area contributed by atoms with Crippen LogP contribution >= 0.6 is 23.8 Å². The highest BCUT2D eigenvalue weighted by atomic mass is 35.5. The van der Waals surface area contributed by atoms with E-state index in [9.17, 15) is 19.3 Å². The van der Waals surface area contributed by atoms with Gasteiger partial charge in [-0.05, 0) is 24.4 Å². The lowest BCUT2D eigenvalue weighted by Gasteiger charge is -2.11. The Morgan fingerprint density at radius 3 is 2.73 bits per heavy atom. The van der Waals surface area contributed by atoms with Gasteiger partial charge in [-0.1, -0.05) is 35.9 Å². The molecule has 0 radical (unpaired) electrons. The van der Waals surface area contributed by atoms with Gasteiger partial charge in [0.1, 0.15) is 11.5 Å². The Balaban J connectivity index is 1.83. The Morgan fingerprint density at radius 2 is 2.00 bits per heavy atom. The number of rotatable bonds is 6. The number of carbonyl (C=O) groups is 1. The standard InChI is InChI=1S/C16H13ClFN3O4S/c17-11-5-3-4-10(15(11)18)8-19-16(26)25-9-14(22)20-12-6-1-2-7-13(12)21(23)24/h1-7H,8-9H2,(H,19,26)(H,20,22). The molecule has 2 N–H and O–H groups in total. The molecule has 0 atom stereocenters. The van der Waals surface area contributed by atoms with Crippen molar-refractivity contribution in [2.45, 2.75) is 6.54 Å². The first-order chi connectivity index (χ1) is 12.4. The molecule has 0 saturated carbocycles. The van der Waals surface area contributed by atoms with E-state index >= 15 is 0 Å². The summed E-state index contributed by atoms with van der Waals surface area (Å²) in [5.41, 5.74) is 0.0942. The van der Waals surface area contributed by atoms with Gasteiger partial charge in [-0.3, -0.25) is 14.9 Å². The Hall–Kier alpha value is -2.78. The van der Waals surface area contributed by atoms with Gasteiger partial charge in [-0.25, -0.2) is 4.39 Å². The van der Waals surface area contributed by atoms with Gasteiger partial charge in [0.2, 0.25) is 0 Å². The number of para-hydroxylation sites is 2. The molecule has 10 heteroatoms. The van der Waals surface area contributed by atoms with Crippen molar-refractivity contribution in [3.05, 3.63) is 69.0 Å². The number of benzene rings is 2. The summed E-state index contributed by atoms with van der Waals surface area (Å²) in [5, 5.41) is 15.8. The van der Waals surface area contributed by atoms with Gasteiger partial charge in [-0.2, -0.15) is 0 Å². The van der Waals surface area contributed by atoms with Gasteiger partial charge >= 0.3 is 0 Å². The minimum atomic E-state index is -0.627. The van der Waals surface area contributed by atoms with Crippen molar-refractivity contribution in [1.82, 2.24) is 5.32 Å². The summed E-state index contributed by atoms with van der Waals surface area (Å²) < 4.78 is 18.8. The molecule has 26 heavy (non-hydrogen) atoms. The number of nitrogens with one attached hydrogen (secondary N) is 2. The van der Waals surface area contributed by atoms with Crippen LogP contribution in [0.1, 0.15) is 5.56 Å². The maximum Gasteiger partial charge on any atom is 0.292 e. The molecule has 0 aliphatic carbocycles. The third-order valence-corrected chi connectivity index (χ3v) is 3.72. The number of ether oxygens (including phenoxy) is 1. The zero-order valence-corrected chi connectivity index (χ0v) is 14.8. The number of carbonyl (C=O) groups excluding carboxylic acids is 1. The van der Waals surface area contributed by atoms with Gasteiger partial charge in [0, 0.05) is 18.2 Å². The lowest BCUT2D eigenvalue weighted by atomic mass is 10.2. The van der Waals surface area contributed by atoms with E-state index < -0.39 is 23.3 Å². The molecular formula is C16H13ClFN3O4S. The molecule has 0 heterocycles. The predicted octanol–water partition coefficient (Wildman–Crippen LogP) is 3.42. The van der Waals surface area contributed by atoms with E-state index in [4.69, 9.17) is 28.6 Å². The molecule has 0 fully saturated rings. The Kier molecular flexibility index (Phi) is 6.81. The highest BCUT2D eigenvalue weighted by Crippen LogP contribution is 2.23. The van der Waals surface area contributed by atoms with Crippen molar-refractivity contribution in [2.75, 3.05) is 11.9 Å². The van der Waals surface area contributed by atoms with Crippen molar-refractivity contribution in [2.24, 2.45) is 0 Å². The first kappa shape index (κ1) is 19.5. The summed E-state index contributed by atoms with van der Waals surface area (Å²) >= 11 is 10.6. The molecule has 0 aliphatic rings. The average molecular weight is 398 g/mol. The molecule has 2 rings (SSSR count). The van der Waals surface area contributed by atoms with E-state index in [1.54, 1.807) is 12.1 Å². The van der Waals surface area contributed by atoms with Crippen LogP contribution in [0, 0.1) is 15.9 Å². The second kappa shape index (κ2) is 9.07. The molecule has 136 valence electrons. The topological polar surface area (TPSA) is 93.5 Å². The molecule has 0 saturated heterocycles. The number of amides is 1. The van der Waals surface area contributed by atoms with Crippen molar-refractivity contribution < 1.29 is 18.8 Å². The molecule has 2 aromatic rings. The maximum absolute atomic E-state index is 13.7. The molecule has 0 unspecified atom stereocenters. The third kappa shape index (κ3) is 5.36. The number of nitro groups is 1. The number of hydrogen-bond donors (Lipinski definition) is 2. The van der Waals surface area contributed by atoms with Crippen LogP contribution in [0.4, 0.5) is 15.8 Å². The monoisotopic (exact) mass is 397 g/mol. The Labute approximate surface area is 158 Å².